The Morgan fingerprint density at radius 1 is 0.893 bits per heavy atom. The van der Waals surface area contributed by atoms with Crippen LogP contribution < -0.4 is 33.7 Å². The Morgan fingerprint density at radius 3 is 2.36 bits per heavy atom. The highest BCUT2D eigenvalue weighted by atomic mass is 16.7. The van der Waals surface area contributed by atoms with Crippen LogP contribution in [-0.4, -0.2) is 41.8 Å². The molecule has 1 aliphatic carbocycles. The van der Waals surface area contributed by atoms with E-state index in [0.717, 1.165) is 47.6 Å². The van der Waals surface area contributed by atoms with Gasteiger partial charge in [-0.1, -0.05) is 0 Å². The van der Waals surface area contributed by atoms with Crippen molar-refractivity contribution in [3.05, 3.63) is 22.8 Å². The summed E-state index contributed by atoms with van der Waals surface area (Å²) in [6.07, 6.45) is 1.65. The maximum atomic E-state index is 5.93. The number of methoxy groups -OCH3 is 4. The Labute approximate surface area is 163 Å². The van der Waals surface area contributed by atoms with Gasteiger partial charge in [0.15, 0.2) is 23.0 Å². The number of benzene rings is 2. The maximum Gasteiger partial charge on any atom is 0.231 e. The summed E-state index contributed by atoms with van der Waals surface area (Å²) in [5.74, 6) is 4.11. The highest BCUT2D eigenvalue weighted by molar-refractivity contribution is 5.89. The lowest BCUT2D eigenvalue weighted by atomic mass is 9.76. The molecule has 0 saturated heterocycles. The van der Waals surface area contributed by atoms with Crippen LogP contribution in [-0.2, 0) is 12.8 Å². The van der Waals surface area contributed by atoms with Crippen molar-refractivity contribution < 1.29 is 28.4 Å². The number of rotatable bonds is 4. The summed E-state index contributed by atoms with van der Waals surface area (Å²) in [4.78, 5) is 0. The van der Waals surface area contributed by atoms with Gasteiger partial charge in [-0.15, -0.1) is 0 Å². The monoisotopic (exact) mass is 385 g/mol. The van der Waals surface area contributed by atoms with Crippen molar-refractivity contribution in [1.82, 2.24) is 5.32 Å². The molecule has 3 aliphatic rings. The smallest absolute Gasteiger partial charge is 0.231 e. The van der Waals surface area contributed by atoms with E-state index in [4.69, 9.17) is 28.4 Å². The van der Waals surface area contributed by atoms with Gasteiger partial charge in [-0.05, 0) is 36.6 Å². The first-order chi connectivity index (χ1) is 13.7. The molecule has 0 aromatic heterocycles. The standard InChI is InChI=1S/C21H23NO6/c1-23-14-8-11-12(18(25-3)19(14)26-4)7-13-15-10(5-6-22-13)17(24-2)21-20(16(11)15)27-9-28-21/h8,13,22H,5-7,9H2,1-4H3/t13-/m0/s1. The van der Waals surface area contributed by atoms with Crippen LogP contribution >= 0.6 is 0 Å². The third-order valence-electron chi connectivity index (χ3n) is 5.84. The molecular formula is C21H23NO6. The van der Waals surface area contributed by atoms with Crippen molar-refractivity contribution in [2.24, 2.45) is 0 Å². The average Bonchev–Trinajstić information content (AvgIpc) is 3.21. The maximum absolute atomic E-state index is 5.93. The van der Waals surface area contributed by atoms with Crippen LogP contribution in [0.2, 0.25) is 0 Å². The summed E-state index contributed by atoms with van der Waals surface area (Å²) in [5, 5.41) is 3.64. The van der Waals surface area contributed by atoms with Crippen LogP contribution in [0.4, 0.5) is 0 Å². The van der Waals surface area contributed by atoms with E-state index in [1.165, 1.54) is 11.1 Å². The molecule has 1 atom stereocenters. The molecule has 2 aromatic carbocycles. The molecule has 0 unspecified atom stereocenters. The minimum atomic E-state index is 0.140. The van der Waals surface area contributed by atoms with E-state index in [9.17, 15) is 0 Å². The van der Waals surface area contributed by atoms with Crippen molar-refractivity contribution >= 4 is 0 Å². The summed E-state index contributed by atoms with van der Waals surface area (Å²) in [7, 11) is 6.60. The molecule has 7 heteroatoms. The Hall–Kier alpha value is -2.80. The fraction of sp³-hybridized carbons (Fsp3) is 0.429. The van der Waals surface area contributed by atoms with Gasteiger partial charge in [-0.2, -0.15) is 0 Å². The minimum absolute atomic E-state index is 0.140. The van der Waals surface area contributed by atoms with E-state index < -0.39 is 0 Å². The zero-order valence-corrected chi connectivity index (χ0v) is 16.4. The number of hydrogen-bond acceptors (Lipinski definition) is 7. The van der Waals surface area contributed by atoms with Gasteiger partial charge in [0.25, 0.3) is 0 Å². The second-order valence-corrected chi connectivity index (χ2v) is 7.00. The van der Waals surface area contributed by atoms with E-state index in [-0.39, 0.29) is 12.8 Å². The molecule has 0 radical (unpaired) electrons. The molecule has 0 bridgehead atoms. The van der Waals surface area contributed by atoms with Crippen molar-refractivity contribution in [3.63, 3.8) is 0 Å². The summed E-state index contributed by atoms with van der Waals surface area (Å²) >= 11 is 0. The molecule has 1 N–H and O–H groups in total. The van der Waals surface area contributed by atoms with Gasteiger partial charge in [0.2, 0.25) is 18.3 Å². The van der Waals surface area contributed by atoms with Crippen LogP contribution in [0.5, 0.6) is 34.5 Å². The van der Waals surface area contributed by atoms with Crippen LogP contribution in [0.25, 0.3) is 11.1 Å². The third-order valence-corrected chi connectivity index (χ3v) is 5.84. The third kappa shape index (κ3) is 2.13. The SMILES string of the molecule is COc1cc2c(c(OC)c1OC)C[C@@H]1NCCc3c(OC)c4c(c-2c31)OCO4. The summed E-state index contributed by atoms with van der Waals surface area (Å²) in [5.41, 5.74) is 5.52. The average molecular weight is 385 g/mol. The molecule has 2 aliphatic heterocycles. The minimum Gasteiger partial charge on any atom is -0.493 e. The highest BCUT2D eigenvalue weighted by Crippen LogP contribution is 2.59. The highest BCUT2D eigenvalue weighted by Gasteiger charge is 2.40. The summed E-state index contributed by atoms with van der Waals surface area (Å²) in [6, 6.07) is 2.15. The Morgan fingerprint density at radius 2 is 1.64 bits per heavy atom. The molecule has 148 valence electrons. The molecule has 0 spiro atoms. The second-order valence-electron chi connectivity index (χ2n) is 7.00. The summed E-state index contributed by atoms with van der Waals surface area (Å²) in [6.45, 7) is 1.05. The van der Waals surface area contributed by atoms with Gasteiger partial charge in [-0.3, -0.25) is 0 Å². The van der Waals surface area contributed by atoms with Gasteiger partial charge in [-0.25, -0.2) is 0 Å². The van der Waals surface area contributed by atoms with Crippen LogP contribution in [0, 0.1) is 0 Å². The predicted molar refractivity (Wildman–Crippen MR) is 102 cm³/mol. The molecule has 0 saturated carbocycles. The molecule has 2 heterocycles. The van der Waals surface area contributed by atoms with Crippen LogP contribution in [0.1, 0.15) is 22.7 Å². The first-order valence-corrected chi connectivity index (χ1v) is 9.31. The Kier molecular flexibility index (Phi) is 3.94. The van der Waals surface area contributed by atoms with Gasteiger partial charge in [0, 0.05) is 22.7 Å². The Balaban J connectivity index is 1.89. The van der Waals surface area contributed by atoms with E-state index in [1.54, 1.807) is 28.4 Å². The zero-order chi connectivity index (χ0) is 19.4. The van der Waals surface area contributed by atoms with E-state index >= 15 is 0 Å². The summed E-state index contributed by atoms with van der Waals surface area (Å²) < 4.78 is 34.4. The normalized spacial score (nSPS) is 18.2. The van der Waals surface area contributed by atoms with Crippen molar-refractivity contribution in [3.8, 4) is 45.6 Å². The van der Waals surface area contributed by atoms with Crippen molar-refractivity contribution in [2.45, 2.75) is 18.9 Å². The van der Waals surface area contributed by atoms with Crippen molar-refractivity contribution in [1.29, 1.82) is 0 Å². The quantitative estimate of drug-likeness (QED) is 0.868. The largest absolute Gasteiger partial charge is 0.493 e. The topological polar surface area (TPSA) is 67.4 Å². The van der Waals surface area contributed by atoms with Gasteiger partial charge in [0.05, 0.1) is 28.4 Å². The zero-order valence-electron chi connectivity index (χ0n) is 16.4. The number of fused-ring (bicyclic) bond motifs is 4. The lowest BCUT2D eigenvalue weighted by molar-refractivity contribution is 0.171. The fourth-order valence-corrected chi connectivity index (χ4v) is 4.77. The van der Waals surface area contributed by atoms with Crippen molar-refractivity contribution in [2.75, 3.05) is 41.8 Å². The second kappa shape index (κ2) is 6.38. The predicted octanol–water partition coefficient (Wildman–Crippen LogP) is 2.86. The first kappa shape index (κ1) is 17.3. The van der Waals surface area contributed by atoms with E-state index in [2.05, 4.69) is 5.32 Å². The number of hydrogen-bond donors (Lipinski definition) is 1. The molecule has 28 heavy (non-hydrogen) atoms. The fourth-order valence-electron chi connectivity index (χ4n) is 4.77. The van der Waals surface area contributed by atoms with E-state index in [1.807, 2.05) is 6.07 Å². The van der Waals surface area contributed by atoms with Gasteiger partial charge in [0.1, 0.15) is 0 Å². The lowest BCUT2D eigenvalue weighted by Crippen LogP contribution is -2.34. The lowest BCUT2D eigenvalue weighted by Gasteiger charge is -2.36. The number of nitrogens with one attached hydrogen (secondary N) is 1. The van der Waals surface area contributed by atoms with Crippen LogP contribution in [0.3, 0.4) is 0 Å². The first-order valence-electron chi connectivity index (χ1n) is 9.31. The van der Waals surface area contributed by atoms with Crippen LogP contribution in [0.15, 0.2) is 6.07 Å². The molecule has 5 rings (SSSR count). The molecular weight excluding hydrogens is 362 g/mol. The van der Waals surface area contributed by atoms with E-state index in [0.29, 0.717) is 23.0 Å². The van der Waals surface area contributed by atoms with Gasteiger partial charge >= 0.3 is 0 Å². The molecule has 0 fully saturated rings. The number of ether oxygens (including phenoxy) is 6. The molecule has 0 amide bonds. The molecule has 2 aromatic rings. The molecule has 7 nitrogen and oxygen atoms in total. The van der Waals surface area contributed by atoms with Gasteiger partial charge < -0.3 is 33.7 Å². The Bertz CT molecular complexity index is 971.